The van der Waals surface area contributed by atoms with Gasteiger partial charge in [0.25, 0.3) is 5.91 Å². The lowest BCUT2D eigenvalue weighted by molar-refractivity contribution is -0.137. The molecule has 1 heterocycles. The number of piperidine rings is 1. The number of nitrogens with zero attached hydrogens (tertiary/aromatic N) is 2. The molecule has 0 spiro atoms. The van der Waals surface area contributed by atoms with E-state index in [1.165, 1.54) is 21.3 Å². The van der Waals surface area contributed by atoms with Crippen molar-refractivity contribution < 1.29 is 23.1 Å². The van der Waals surface area contributed by atoms with Crippen LogP contribution >= 0.6 is 0 Å². The first-order valence-corrected chi connectivity index (χ1v) is 10.3. The van der Waals surface area contributed by atoms with Crippen molar-refractivity contribution in [1.82, 2.24) is 9.21 Å². The van der Waals surface area contributed by atoms with Gasteiger partial charge in [0.1, 0.15) is 6.54 Å². The van der Waals surface area contributed by atoms with Crippen LogP contribution in [-0.4, -0.2) is 60.3 Å². The minimum atomic E-state index is -3.69. The molecule has 144 valence electrons. The van der Waals surface area contributed by atoms with Crippen LogP contribution in [0.5, 0.6) is 0 Å². The molecule has 8 heteroatoms. The third kappa shape index (κ3) is 4.24. The van der Waals surface area contributed by atoms with Gasteiger partial charge >= 0.3 is 5.97 Å². The fraction of sp³-hybridized carbons (Fsp3) is 0.556. The normalized spacial score (nSPS) is 18.5. The number of aryl methyl sites for hydroxylation is 1. The maximum atomic E-state index is 13.0. The first-order chi connectivity index (χ1) is 12.2. The van der Waals surface area contributed by atoms with Crippen LogP contribution in [-0.2, 0) is 14.8 Å². The molecule has 0 saturated carbocycles. The maximum Gasteiger partial charge on any atom is 0.323 e. The van der Waals surface area contributed by atoms with E-state index in [9.17, 15) is 18.0 Å². The van der Waals surface area contributed by atoms with E-state index in [-0.39, 0.29) is 23.0 Å². The van der Waals surface area contributed by atoms with E-state index in [1.54, 1.807) is 19.9 Å². The Morgan fingerprint density at radius 3 is 2.58 bits per heavy atom. The van der Waals surface area contributed by atoms with Crippen molar-refractivity contribution in [3.8, 4) is 0 Å². The van der Waals surface area contributed by atoms with Gasteiger partial charge in [-0.2, -0.15) is 4.31 Å². The molecule has 0 aliphatic carbocycles. The Bertz CT molecular complexity index is 791. The molecule has 1 atom stereocenters. The van der Waals surface area contributed by atoms with Crippen molar-refractivity contribution in [2.24, 2.45) is 0 Å². The van der Waals surface area contributed by atoms with Gasteiger partial charge in [-0.05, 0) is 51.3 Å². The first kappa shape index (κ1) is 20.4. The number of rotatable bonds is 6. The molecule has 1 aromatic rings. The second-order valence-electron chi connectivity index (χ2n) is 6.65. The van der Waals surface area contributed by atoms with Crippen molar-refractivity contribution in [3.05, 3.63) is 29.3 Å². The van der Waals surface area contributed by atoms with E-state index >= 15 is 0 Å². The second kappa shape index (κ2) is 8.18. The van der Waals surface area contributed by atoms with E-state index in [2.05, 4.69) is 0 Å². The van der Waals surface area contributed by atoms with Crippen molar-refractivity contribution in [3.63, 3.8) is 0 Å². The number of carboxylic acids is 1. The lowest BCUT2D eigenvalue weighted by Gasteiger charge is -2.32. The van der Waals surface area contributed by atoms with Gasteiger partial charge in [0.15, 0.2) is 0 Å². The number of hydrogen-bond donors (Lipinski definition) is 1. The number of aliphatic carboxylic acids is 1. The zero-order chi connectivity index (χ0) is 19.5. The van der Waals surface area contributed by atoms with Crippen molar-refractivity contribution in [1.29, 1.82) is 0 Å². The van der Waals surface area contributed by atoms with Gasteiger partial charge in [-0.1, -0.05) is 12.5 Å². The molecule has 0 aromatic heterocycles. The highest BCUT2D eigenvalue weighted by molar-refractivity contribution is 7.89. The molecule has 26 heavy (non-hydrogen) atoms. The van der Waals surface area contributed by atoms with E-state index in [0.29, 0.717) is 12.1 Å². The van der Waals surface area contributed by atoms with Crippen molar-refractivity contribution in [2.75, 3.05) is 19.6 Å². The molecule has 7 nitrogen and oxygen atoms in total. The Morgan fingerprint density at radius 1 is 1.31 bits per heavy atom. The Morgan fingerprint density at radius 2 is 2.00 bits per heavy atom. The summed E-state index contributed by atoms with van der Waals surface area (Å²) in [6, 6.07) is 4.41. The second-order valence-corrected chi connectivity index (χ2v) is 8.54. The van der Waals surface area contributed by atoms with Gasteiger partial charge in [-0.15, -0.1) is 0 Å². The van der Waals surface area contributed by atoms with Gasteiger partial charge < -0.3 is 10.0 Å². The molecule has 1 unspecified atom stereocenters. The first-order valence-electron chi connectivity index (χ1n) is 8.82. The molecule has 1 saturated heterocycles. The molecule has 1 N–H and O–H groups in total. The summed E-state index contributed by atoms with van der Waals surface area (Å²) in [6.07, 6.45) is 2.65. The summed E-state index contributed by atoms with van der Waals surface area (Å²) in [7, 11) is -3.69. The maximum absolute atomic E-state index is 13.0. The number of carbonyl (C=O) groups excluding carboxylic acids is 1. The summed E-state index contributed by atoms with van der Waals surface area (Å²) < 4.78 is 27.5. The van der Waals surface area contributed by atoms with Crippen LogP contribution in [0.3, 0.4) is 0 Å². The van der Waals surface area contributed by atoms with Crippen LogP contribution < -0.4 is 0 Å². The lowest BCUT2D eigenvalue weighted by atomic mass is 10.1. The minimum Gasteiger partial charge on any atom is -0.480 e. The van der Waals surface area contributed by atoms with E-state index in [0.717, 1.165) is 19.3 Å². The third-order valence-electron chi connectivity index (χ3n) is 4.78. The standard InChI is InChI=1S/C18H26N2O5S/c1-4-19(12-17(21)22)18(23)16-11-15(9-8-13(16)2)26(24,25)20-10-6-5-7-14(20)3/h8-9,11,14H,4-7,10,12H2,1-3H3,(H,21,22). The van der Waals surface area contributed by atoms with Crippen LogP contribution in [0.4, 0.5) is 0 Å². The molecule has 1 aliphatic heterocycles. The summed E-state index contributed by atoms with van der Waals surface area (Å²) in [5.74, 6) is -1.58. The highest BCUT2D eigenvalue weighted by Gasteiger charge is 2.32. The number of benzene rings is 1. The van der Waals surface area contributed by atoms with Gasteiger partial charge in [0.2, 0.25) is 10.0 Å². The van der Waals surface area contributed by atoms with Crippen molar-refractivity contribution >= 4 is 21.9 Å². The number of amides is 1. The Kier molecular flexibility index (Phi) is 6.41. The van der Waals surface area contributed by atoms with E-state index in [1.807, 2.05) is 6.92 Å². The molecule has 1 aromatic carbocycles. The Balaban J connectivity index is 2.40. The number of carboxylic acid groups (broad SMARTS) is 1. The zero-order valence-corrected chi connectivity index (χ0v) is 16.3. The third-order valence-corrected chi connectivity index (χ3v) is 6.79. The SMILES string of the molecule is CCN(CC(=O)O)C(=O)c1cc(S(=O)(=O)N2CCCCC2C)ccc1C. The van der Waals surface area contributed by atoms with Crippen molar-refractivity contribution in [2.45, 2.75) is 51.0 Å². The minimum absolute atomic E-state index is 0.0755. The number of sulfonamides is 1. The summed E-state index contributed by atoms with van der Waals surface area (Å²) in [5, 5.41) is 8.97. The van der Waals surface area contributed by atoms with E-state index < -0.39 is 28.4 Å². The molecule has 0 radical (unpaired) electrons. The highest BCUT2D eigenvalue weighted by atomic mass is 32.2. The number of likely N-dealkylation sites (N-methyl/N-ethyl adjacent to an activating group) is 1. The molecular formula is C18H26N2O5S. The van der Waals surface area contributed by atoms with Crippen LogP contribution in [0.25, 0.3) is 0 Å². The highest BCUT2D eigenvalue weighted by Crippen LogP contribution is 2.26. The predicted molar refractivity (Wildman–Crippen MR) is 97.6 cm³/mol. The fourth-order valence-corrected chi connectivity index (χ4v) is 4.94. The lowest BCUT2D eigenvalue weighted by Crippen LogP contribution is -2.42. The summed E-state index contributed by atoms with van der Waals surface area (Å²) in [4.78, 5) is 24.9. The largest absolute Gasteiger partial charge is 0.480 e. The van der Waals surface area contributed by atoms with Gasteiger partial charge in [0.05, 0.1) is 4.90 Å². The molecule has 0 bridgehead atoms. The van der Waals surface area contributed by atoms with Crippen LogP contribution in [0.15, 0.2) is 23.1 Å². The van der Waals surface area contributed by atoms with Crippen LogP contribution in [0.1, 0.15) is 49.0 Å². The van der Waals surface area contributed by atoms with Gasteiger partial charge in [-0.3, -0.25) is 9.59 Å². The zero-order valence-electron chi connectivity index (χ0n) is 15.4. The molecular weight excluding hydrogens is 356 g/mol. The summed E-state index contributed by atoms with van der Waals surface area (Å²) in [6.45, 7) is 5.57. The number of hydrogen-bond acceptors (Lipinski definition) is 4. The Hall–Kier alpha value is -1.93. The topological polar surface area (TPSA) is 95.0 Å². The smallest absolute Gasteiger partial charge is 0.323 e. The van der Waals surface area contributed by atoms with Crippen LogP contribution in [0.2, 0.25) is 0 Å². The number of carbonyl (C=O) groups is 2. The summed E-state index contributed by atoms with van der Waals surface area (Å²) in [5.41, 5.74) is 0.836. The fourth-order valence-electron chi connectivity index (χ4n) is 3.22. The molecule has 1 fully saturated rings. The molecule has 1 amide bonds. The Labute approximate surface area is 154 Å². The quantitative estimate of drug-likeness (QED) is 0.813. The summed E-state index contributed by atoms with van der Waals surface area (Å²) >= 11 is 0. The van der Waals surface area contributed by atoms with E-state index in [4.69, 9.17) is 5.11 Å². The monoisotopic (exact) mass is 382 g/mol. The van der Waals surface area contributed by atoms with Gasteiger partial charge in [0, 0.05) is 24.7 Å². The average molecular weight is 382 g/mol. The van der Waals surface area contributed by atoms with Crippen LogP contribution in [0, 0.1) is 6.92 Å². The van der Waals surface area contributed by atoms with Gasteiger partial charge in [-0.25, -0.2) is 8.42 Å². The molecule has 1 aliphatic rings. The average Bonchev–Trinajstić information content (AvgIpc) is 2.59. The predicted octanol–water partition coefficient (Wildman–Crippen LogP) is 2.10. The molecule has 2 rings (SSSR count).